The van der Waals surface area contributed by atoms with E-state index in [2.05, 4.69) is 5.32 Å². The largest absolute Gasteiger partial charge is 0.393 e. The molecule has 1 saturated carbocycles. The molecule has 0 amide bonds. The van der Waals surface area contributed by atoms with Crippen molar-refractivity contribution < 1.29 is 5.11 Å². The van der Waals surface area contributed by atoms with Gasteiger partial charge in [0.2, 0.25) is 0 Å². The van der Waals surface area contributed by atoms with Crippen molar-refractivity contribution in [3.05, 3.63) is 0 Å². The number of hydrogen-bond donors (Lipinski definition) is 2. The van der Waals surface area contributed by atoms with E-state index in [9.17, 15) is 5.11 Å². The summed E-state index contributed by atoms with van der Waals surface area (Å²) in [7, 11) is 0. The van der Waals surface area contributed by atoms with Gasteiger partial charge in [-0.05, 0) is 37.6 Å². The van der Waals surface area contributed by atoms with Crippen molar-refractivity contribution in [3.63, 3.8) is 0 Å². The van der Waals surface area contributed by atoms with Crippen LogP contribution in [0.1, 0.15) is 25.7 Å². The van der Waals surface area contributed by atoms with Gasteiger partial charge < -0.3 is 10.4 Å². The monoisotopic (exact) mass is 155 g/mol. The fraction of sp³-hybridized carbons (Fsp3) is 1.00. The molecule has 1 heterocycles. The first kappa shape index (κ1) is 7.56. The smallest absolute Gasteiger partial charge is 0.0609 e. The first-order chi connectivity index (χ1) is 5.38. The molecule has 1 aliphatic heterocycles. The van der Waals surface area contributed by atoms with E-state index in [-0.39, 0.29) is 6.10 Å². The van der Waals surface area contributed by atoms with Crippen molar-refractivity contribution in [2.75, 3.05) is 13.1 Å². The third-order valence-electron chi connectivity index (χ3n) is 3.21. The number of aliphatic hydroxyl groups is 1. The quantitative estimate of drug-likeness (QED) is 0.617. The second-order valence-corrected chi connectivity index (χ2v) is 3.93. The molecule has 2 aliphatic rings. The molecule has 11 heavy (non-hydrogen) atoms. The van der Waals surface area contributed by atoms with Crippen LogP contribution >= 0.6 is 0 Å². The Balaban J connectivity index is 1.82. The highest BCUT2D eigenvalue weighted by Crippen LogP contribution is 2.34. The zero-order chi connectivity index (χ0) is 7.68. The lowest BCUT2D eigenvalue weighted by Crippen LogP contribution is -2.34. The van der Waals surface area contributed by atoms with Crippen LogP contribution in [0.2, 0.25) is 0 Å². The van der Waals surface area contributed by atoms with Crippen LogP contribution in [-0.4, -0.2) is 24.3 Å². The molecule has 2 N–H and O–H groups in total. The van der Waals surface area contributed by atoms with Crippen LogP contribution in [0.5, 0.6) is 0 Å². The minimum absolute atomic E-state index is 0.00116. The fourth-order valence-electron chi connectivity index (χ4n) is 2.13. The summed E-state index contributed by atoms with van der Waals surface area (Å²) in [5, 5.41) is 13.1. The van der Waals surface area contributed by atoms with E-state index in [1.165, 1.54) is 25.7 Å². The van der Waals surface area contributed by atoms with Crippen molar-refractivity contribution >= 4 is 0 Å². The van der Waals surface area contributed by atoms with E-state index in [0.717, 1.165) is 13.1 Å². The highest BCUT2D eigenvalue weighted by molar-refractivity contribution is 4.85. The maximum Gasteiger partial charge on any atom is 0.0609 e. The molecular weight excluding hydrogens is 138 g/mol. The molecule has 64 valence electrons. The summed E-state index contributed by atoms with van der Waals surface area (Å²) < 4.78 is 0. The summed E-state index contributed by atoms with van der Waals surface area (Å²) in [4.78, 5) is 0. The predicted molar refractivity (Wildman–Crippen MR) is 44.3 cm³/mol. The minimum Gasteiger partial charge on any atom is -0.393 e. The topological polar surface area (TPSA) is 32.3 Å². The molecule has 0 bridgehead atoms. The minimum atomic E-state index is -0.00116. The van der Waals surface area contributed by atoms with Crippen LogP contribution in [-0.2, 0) is 0 Å². The van der Waals surface area contributed by atoms with Crippen molar-refractivity contribution in [1.82, 2.24) is 5.32 Å². The third kappa shape index (κ3) is 1.42. The molecule has 2 nitrogen and oxygen atoms in total. The normalized spacial score (nSPS) is 35.2. The van der Waals surface area contributed by atoms with Gasteiger partial charge in [0.1, 0.15) is 0 Å². The Morgan fingerprint density at radius 1 is 1.18 bits per heavy atom. The van der Waals surface area contributed by atoms with Gasteiger partial charge in [0.15, 0.2) is 0 Å². The zero-order valence-corrected chi connectivity index (χ0v) is 6.92. The number of nitrogens with one attached hydrogen (secondary N) is 1. The summed E-state index contributed by atoms with van der Waals surface area (Å²) in [6.07, 6.45) is 5.04. The highest BCUT2D eigenvalue weighted by atomic mass is 16.3. The maximum absolute atomic E-state index is 9.83. The van der Waals surface area contributed by atoms with E-state index < -0.39 is 0 Å². The van der Waals surface area contributed by atoms with Crippen LogP contribution in [0.3, 0.4) is 0 Å². The van der Waals surface area contributed by atoms with Crippen molar-refractivity contribution in [2.45, 2.75) is 31.8 Å². The molecule has 2 fully saturated rings. The van der Waals surface area contributed by atoms with Crippen molar-refractivity contribution in [3.8, 4) is 0 Å². The average Bonchev–Trinajstić information content (AvgIpc) is 2.32. The van der Waals surface area contributed by atoms with Gasteiger partial charge in [0, 0.05) is 6.54 Å². The summed E-state index contributed by atoms with van der Waals surface area (Å²) in [5.74, 6) is 1.19. The Kier molecular flexibility index (Phi) is 2.14. The van der Waals surface area contributed by atoms with Gasteiger partial charge in [0.25, 0.3) is 0 Å². The molecule has 0 spiro atoms. The lowest BCUT2D eigenvalue weighted by Gasteiger charge is -2.33. The SMILES string of the molecule is OC(C1CCC1)C1CCNC1. The Hall–Kier alpha value is -0.0800. The molecule has 1 saturated heterocycles. The van der Waals surface area contributed by atoms with E-state index in [4.69, 9.17) is 0 Å². The molecule has 2 unspecified atom stereocenters. The van der Waals surface area contributed by atoms with Crippen LogP contribution in [0, 0.1) is 11.8 Å². The van der Waals surface area contributed by atoms with E-state index >= 15 is 0 Å². The van der Waals surface area contributed by atoms with Crippen molar-refractivity contribution in [2.24, 2.45) is 11.8 Å². The Labute approximate surface area is 68.0 Å². The molecule has 1 aliphatic carbocycles. The van der Waals surface area contributed by atoms with Gasteiger partial charge in [-0.15, -0.1) is 0 Å². The summed E-state index contributed by atoms with van der Waals surface area (Å²) in [6, 6.07) is 0. The fourth-order valence-corrected chi connectivity index (χ4v) is 2.13. The lowest BCUT2D eigenvalue weighted by molar-refractivity contribution is 0.0214. The molecule has 2 heteroatoms. The number of aliphatic hydroxyl groups excluding tert-OH is 1. The average molecular weight is 155 g/mol. The first-order valence-corrected chi connectivity index (χ1v) is 4.76. The molecule has 0 aromatic rings. The van der Waals surface area contributed by atoms with Gasteiger partial charge >= 0.3 is 0 Å². The van der Waals surface area contributed by atoms with Crippen LogP contribution < -0.4 is 5.32 Å². The van der Waals surface area contributed by atoms with Gasteiger partial charge in [-0.3, -0.25) is 0 Å². The van der Waals surface area contributed by atoms with E-state index in [1.54, 1.807) is 0 Å². The second-order valence-electron chi connectivity index (χ2n) is 3.93. The van der Waals surface area contributed by atoms with E-state index in [0.29, 0.717) is 11.8 Å². The Morgan fingerprint density at radius 3 is 2.45 bits per heavy atom. The molecule has 0 aromatic heterocycles. The van der Waals surface area contributed by atoms with Gasteiger partial charge in [-0.1, -0.05) is 6.42 Å². The molecule has 0 aromatic carbocycles. The Bertz CT molecular complexity index is 128. The number of rotatable bonds is 2. The Morgan fingerprint density at radius 2 is 2.00 bits per heavy atom. The first-order valence-electron chi connectivity index (χ1n) is 4.76. The molecule has 2 rings (SSSR count). The molecule has 2 atom stereocenters. The van der Waals surface area contributed by atoms with Gasteiger partial charge in [0.05, 0.1) is 6.10 Å². The zero-order valence-electron chi connectivity index (χ0n) is 6.92. The van der Waals surface area contributed by atoms with E-state index in [1.807, 2.05) is 0 Å². The van der Waals surface area contributed by atoms with Crippen LogP contribution in [0.4, 0.5) is 0 Å². The predicted octanol–water partition coefficient (Wildman–Crippen LogP) is 0.757. The standard InChI is InChI=1S/C9H17NO/c11-9(7-2-1-3-7)8-4-5-10-6-8/h7-11H,1-6H2. The number of hydrogen-bond acceptors (Lipinski definition) is 2. The summed E-state index contributed by atoms with van der Waals surface area (Å²) in [5.41, 5.74) is 0. The van der Waals surface area contributed by atoms with Crippen LogP contribution in [0.15, 0.2) is 0 Å². The second kappa shape index (κ2) is 3.11. The van der Waals surface area contributed by atoms with Crippen molar-refractivity contribution in [1.29, 1.82) is 0 Å². The maximum atomic E-state index is 9.83. The van der Waals surface area contributed by atoms with Crippen LogP contribution in [0.25, 0.3) is 0 Å². The lowest BCUT2D eigenvalue weighted by atomic mass is 9.76. The van der Waals surface area contributed by atoms with Gasteiger partial charge in [-0.2, -0.15) is 0 Å². The molecule has 0 radical (unpaired) electrons. The summed E-state index contributed by atoms with van der Waals surface area (Å²) >= 11 is 0. The van der Waals surface area contributed by atoms with Gasteiger partial charge in [-0.25, -0.2) is 0 Å². The highest BCUT2D eigenvalue weighted by Gasteiger charge is 2.32. The summed E-state index contributed by atoms with van der Waals surface area (Å²) in [6.45, 7) is 2.14. The molecular formula is C9H17NO. The third-order valence-corrected chi connectivity index (χ3v) is 3.21.